The third kappa shape index (κ3) is 2.43. The van der Waals surface area contributed by atoms with Crippen molar-refractivity contribution in [3.63, 3.8) is 0 Å². The van der Waals surface area contributed by atoms with Crippen molar-refractivity contribution >= 4 is 23.2 Å². The molecule has 0 bridgehead atoms. The zero-order chi connectivity index (χ0) is 11.8. The van der Waals surface area contributed by atoms with Gasteiger partial charge in [0.2, 0.25) is 5.28 Å². The number of aromatic nitrogens is 2. The molecule has 0 unspecified atom stereocenters. The van der Waals surface area contributed by atoms with E-state index in [0.29, 0.717) is 11.2 Å². The SMILES string of the molecule is Clc1ccc(-c2cc(C3CC3)nc(Cl)n2)cc1. The summed E-state index contributed by atoms with van der Waals surface area (Å²) in [5.74, 6) is 0.571. The molecule has 1 aromatic carbocycles. The first-order valence-electron chi connectivity index (χ1n) is 5.53. The average Bonchev–Trinajstić information content (AvgIpc) is 3.13. The maximum absolute atomic E-state index is 5.95. The normalized spacial score (nSPS) is 14.9. The standard InChI is InChI=1S/C13H10Cl2N2/c14-10-5-3-9(4-6-10)12-7-11(8-1-2-8)16-13(15)17-12/h3-8H,1-2H2. The Hall–Kier alpha value is -1.12. The predicted molar refractivity (Wildman–Crippen MR) is 69.5 cm³/mol. The van der Waals surface area contributed by atoms with Gasteiger partial charge in [0.05, 0.1) is 5.69 Å². The fourth-order valence-corrected chi connectivity index (χ4v) is 2.11. The average molecular weight is 265 g/mol. The van der Waals surface area contributed by atoms with Crippen molar-refractivity contribution in [2.45, 2.75) is 18.8 Å². The molecule has 1 aliphatic rings. The van der Waals surface area contributed by atoms with E-state index in [0.717, 1.165) is 22.0 Å². The molecule has 4 heteroatoms. The number of rotatable bonds is 2. The van der Waals surface area contributed by atoms with Gasteiger partial charge in [0.15, 0.2) is 0 Å². The smallest absolute Gasteiger partial charge is 0.223 e. The van der Waals surface area contributed by atoms with Crippen molar-refractivity contribution < 1.29 is 0 Å². The zero-order valence-corrected chi connectivity index (χ0v) is 10.5. The molecule has 0 aliphatic heterocycles. The lowest BCUT2D eigenvalue weighted by molar-refractivity contribution is 0.991. The molecule has 3 rings (SSSR count). The molecule has 0 saturated heterocycles. The molecular weight excluding hydrogens is 255 g/mol. The maximum atomic E-state index is 5.95. The summed E-state index contributed by atoms with van der Waals surface area (Å²) >= 11 is 11.8. The molecule has 0 spiro atoms. The first-order chi connectivity index (χ1) is 8.22. The lowest BCUT2D eigenvalue weighted by Gasteiger charge is -2.04. The van der Waals surface area contributed by atoms with Gasteiger partial charge in [-0.3, -0.25) is 0 Å². The summed E-state index contributed by atoms with van der Waals surface area (Å²) in [5, 5.41) is 1.04. The van der Waals surface area contributed by atoms with E-state index < -0.39 is 0 Å². The molecule has 0 N–H and O–H groups in total. The second kappa shape index (κ2) is 4.28. The van der Waals surface area contributed by atoms with Crippen LogP contribution in [-0.4, -0.2) is 9.97 Å². The van der Waals surface area contributed by atoms with Crippen molar-refractivity contribution in [1.29, 1.82) is 0 Å². The van der Waals surface area contributed by atoms with Gasteiger partial charge in [-0.25, -0.2) is 9.97 Å². The fourth-order valence-electron chi connectivity index (χ4n) is 1.79. The molecule has 86 valence electrons. The highest BCUT2D eigenvalue weighted by atomic mass is 35.5. The minimum absolute atomic E-state index is 0.319. The Kier molecular flexibility index (Phi) is 2.77. The van der Waals surface area contributed by atoms with E-state index in [4.69, 9.17) is 23.2 Å². The molecule has 2 aromatic rings. The third-order valence-electron chi connectivity index (χ3n) is 2.85. The summed E-state index contributed by atoms with van der Waals surface area (Å²) in [6.07, 6.45) is 2.40. The highest BCUT2D eigenvalue weighted by Crippen LogP contribution is 2.40. The van der Waals surface area contributed by atoms with Gasteiger partial charge >= 0.3 is 0 Å². The Labute approximate surface area is 110 Å². The molecule has 1 heterocycles. The van der Waals surface area contributed by atoms with Gasteiger partial charge in [0.25, 0.3) is 0 Å². The Morgan fingerprint density at radius 2 is 1.71 bits per heavy atom. The van der Waals surface area contributed by atoms with Crippen LogP contribution in [0.2, 0.25) is 10.3 Å². The number of hydrogen-bond acceptors (Lipinski definition) is 2. The van der Waals surface area contributed by atoms with E-state index in [-0.39, 0.29) is 0 Å². The molecule has 17 heavy (non-hydrogen) atoms. The van der Waals surface area contributed by atoms with Crippen LogP contribution in [0.4, 0.5) is 0 Å². The predicted octanol–water partition coefficient (Wildman–Crippen LogP) is 4.33. The van der Waals surface area contributed by atoms with Gasteiger partial charge in [-0.05, 0) is 42.6 Å². The van der Waals surface area contributed by atoms with Gasteiger partial charge < -0.3 is 0 Å². The summed E-state index contributed by atoms with van der Waals surface area (Å²) < 4.78 is 0. The van der Waals surface area contributed by atoms with Crippen LogP contribution < -0.4 is 0 Å². The van der Waals surface area contributed by atoms with Crippen molar-refractivity contribution in [2.75, 3.05) is 0 Å². The number of halogens is 2. The van der Waals surface area contributed by atoms with E-state index in [9.17, 15) is 0 Å². The van der Waals surface area contributed by atoms with E-state index in [1.807, 2.05) is 30.3 Å². The van der Waals surface area contributed by atoms with Gasteiger partial charge in [0, 0.05) is 22.2 Å². The lowest BCUT2D eigenvalue weighted by Crippen LogP contribution is -1.93. The van der Waals surface area contributed by atoms with E-state index in [2.05, 4.69) is 9.97 Å². The molecule has 1 aliphatic carbocycles. The second-order valence-electron chi connectivity index (χ2n) is 4.23. The molecule has 0 amide bonds. The molecule has 1 aromatic heterocycles. The van der Waals surface area contributed by atoms with Crippen LogP contribution in [0.5, 0.6) is 0 Å². The minimum Gasteiger partial charge on any atom is -0.223 e. The monoisotopic (exact) mass is 264 g/mol. The van der Waals surface area contributed by atoms with Crippen molar-refractivity contribution in [1.82, 2.24) is 9.97 Å². The Bertz CT molecular complexity index is 548. The van der Waals surface area contributed by atoms with Crippen LogP contribution in [0, 0.1) is 0 Å². The highest BCUT2D eigenvalue weighted by molar-refractivity contribution is 6.30. The van der Waals surface area contributed by atoms with Crippen LogP contribution in [0.3, 0.4) is 0 Å². The third-order valence-corrected chi connectivity index (χ3v) is 3.28. The summed E-state index contributed by atoms with van der Waals surface area (Å²) in [4.78, 5) is 8.52. The van der Waals surface area contributed by atoms with Crippen molar-refractivity contribution in [3.05, 3.63) is 46.3 Å². The molecule has 0 radical (unpaired) electrons. The quantitative estimate of drug-likeness (QED) is 0.755. The maximum Gasteiger partial charge on any atom is 0.223 e. The van der Waals surface area contributed by atoms with E-state index in [1.165, 1.54) is 12.8 Å². The lowest BCUT2D eigenvalue weighted by atomic mass is 10.1. The Morgan fingerprint density at radius 1 is 1.00 bits per heavy atom. The Balaban J connectivity index is 2.04. The Morgan fingerprint density at radius 3 is 2.35 bits per heavy atom. The second-order valence-corrected chi connectivity index (χ2v) is 5.00. The van der Waals surface area contributed by atoms with E-state index >= 15 is 0 Å². The summed E-state index contributed by atoms with van der Waals surface area (Å²) in [7, 11) is 0. The first-order valence-corrected chi connectivity index (χ1v) is 6.28. The van der Waals surface area contributed by atoms with Crippen molar-refractivity contribution in [2.24, 2.45) is 0 Å². The van der Waals surface area contributed by atoms with Gasteiger partial charge in [0.1, 0.15) is 0 Å². The number of hydrogen-bond donors (Lipinski definition) is 0. The van der Waals surface area contributed by atoms with E-state index in [1.54, 1.807) is 0 Å². The van der Waals surface area contributed by atoms with Crippen LogP contribution in [0.15, 0.2) is 30.3 Å². The first kappa shape index (κ1) is 11.0. The van der Waals surface area contributed by atoms with Crippen LogP contribution in [0.25, 0.3) is 11.3 Å². The number of nitrogens with zero attached hydrogens (tertiary/aromatic N) is 2. The molecule has 0 atom stereocenters. The van der Waals surface area contributed by atoms with Crippen LogP contribution in [0.1, 0.15) is 24.5 Å². The molecule has 1 fully saturated rings. The molecule has 1 saturated carbocycles. The molecule has 2 nitrogen and oxygen atoms in total. The van der Waals surface area contributed by atoms with Crippen LogP contribution >= 0.6 is 23.2 Å². The minimum atomic E-state index is 0.319. The van der Waals surface area contributed by atoms with Crippen LogP contribution in [-0.2, 0) is 0 Å². The largest absolute Gasteiger partial charge is 0.223 e. The summed E-state index contributed by atoms with van der Waals surface area (Å²) in [6, 6.07) is 9.61. The van der Waals surface area contributed by atoms with Crippen molar-refractivity contribution in [3.8, 4) is 11.3 Å². The fraction of sp³-hybridized carbons (Fsp3) is 0.231. The van der Waals surface area contributed by atoms with Gasteiger partial charge in [-0.15, -0.1) is 0 Å². The topological polar surface area (TPSA) is 25.8 Å². The number of benzene rings is 1. The highest BCUT2D eigenvalue weighted by Gasteiger charge is 2.26. The zero-order valence-electron chi connectivity index (χ0n) is 9.03. The van der Waals surface area contributed by atoms with Gasteiger partial charge in [-0.1, -0.05) is 23.7 Å². The summed E-state index contributed by atoms with van der Waals surface area (Å²) in [5.41, 5.74) is 2.93. The van der Waals surface area contributed by atoms with Gasteiger partial charge in [-0.2, -0.15) is 0 Å². The molecular formula is C13H10Cl2N2. The summed E-state index contributed by atoms with van der Waals surface area (Å²) in [6.45, 7) is 0.